The maximum atomic E-state index is 12.6. The van der Waals surface area contributed by atoms with Crippen molar-refractivity contribution < 1.29 is 4.79 Å². The third-order valence-electron chi connectivity index (χ3n) is 5.80. The van der Waals surface area contributed by atoms with Gasteiger partial charge in [-0.25, -0.2) is 4.79 Å². The van der Waals surface area contributed by atoms with Crippen LogP contribution in [0.1, 0.15) is 28.1 Å². The maximum absolute atomic E-state index is 12.6. The number of hydrogen-bond acceptors (Lipinski definition) is 4. The highest BCUT2D eigenvalue weighted by Gasteiger charge is 2.18. The Hall–Kier alpha value is -3.45. The van der Waals surface area contributed by atoms with Gasteiger partial charge in [0.15, 0.2) is 0 Å². The number of carbonyl (C=O) groups is 1. The van der Waals surface area contributed by atoms with E-state index in [1.165, 1.54) is 20.5 Å². The number of aliphatic imine (C=N–C) groups is 1. The lowest BCUT2D eigenvalue weighted by Gasteiger charge is -2.12. The van der Waals surface area contributed by atoms with Crippen molar-refractivity contribution in [3.63, 3.8) is 0 Å². The van der Waals surface area contributed by atoms with Gasteiger partial charge >= 0.3 is 6.03 Å². The Kier molecular flexibility index (Phi) is 4.82. The number of fused-ring (bicyclic) bond motifs is 2. The van der Waals surface area contributed by atoms with Gasteiger partial charge in [-0.2, -0.15) is 5.10 Å². The van der Waals surface area contributed by atoms with E-state index in [-0.39, 0.29) is 6.03 Å². The van der Waals surface area contributed by atoms with E-state index in [9.17, 15) is 4.79 Å². The number of aromatic nitrogens is 2. The lowest BCUT2D eigenvalue weighted by atomic mass is 10.0. The molecule has 0 saturated carbocycles. The molecule has 7 heteroatoms. The fraction of sp³-hybridized carbons (Fsp3) is 0.208. The molecule has 0 aliphatic carbocycles. The summed E-state index contributed by atoms with van der Waals surface area (Å²) in [6.07, 6.45) is 1.89. The Labute approximate surface area is 184 Å². The van der Waals surface area contributed by atoms with Crippen molar-refractivity contribution >= 4 is 39.4 Å². The Morgan fingerprint density at radius 3 is 2.81 bits per heavy atom. The molecule has 2 N–H and O–H groups in total. The summed E-state index contributed by atoms with van der Waals surface area (Å²) in [7, 11) is 1.91. The van der Waals surface area contributed by atoms with E-state index in [2.05, 4.69) is 57.1 Å². The summed E-state index contributed by atoms with van der Waals surface area (Å²) in [6.45, 7) is 5.07. The number of rotatable bonds is 4. The Balaban J connectivity index is 1.40. The maximum Gasteiger partial charge on any atom is 0.319 e. The van der Waals surface area contributed by atoms with Crippen LogP contribution in [0, 0.1) is 13.8 Å². The number of anilines is 1. The van der Waals surface area contributed by atoms with Crippen molar-refractivity contribution in [1.29, 1.82) is 0 Å². The van der Waals surface area contributed by atoms with E-state index >= 15 is 0 Å². The number of nitrogens with zero attached hydrogens (tertiary/aromatic N) is 3. The first-order valence-corrected chi connectivity index (χ1v) is 11.0. The average molecular weight is 430 g/mol. The third kappa shape index (κ3) is 3.61. The van der Waals surface area contributed by atoms with Gasteiger partial charge in [0, 0.05) is 51.9 Å². The average Bonchev–Trinajstić information content (AvgIpc) is 3.44. The summed E-state index contributed by atoms with van der Waals surface area (Å²) < 4.78 is 3.09. The van der Waals surface area contributed by atoms with Gasteiger partial charge in [-0.05, 0) is 54.6 Å². The molecule has 0 fully saturated rings. The first-order chi connectivity index (χ1) is 15.0. The standard InChI is InChI=1S/C24H23N5OS/c1-14-20(15(2)29(3)28-14)13-26-24(30)27-18-8-17-11-25-12-21(17)19(10-18)23-9-16-6-4-5-7-22(16)31-23/h4-11H,12-13H2,1-3H3,(H2,26,27,30). The minimum Gasteiger partial charge on any atom is -0.334 e. The molecule has 0 saturated heterocycles. The zero-order valence-corrected chi connectivity index (χ0v) is 18.5. The number of amides is 2. The summed E-state index contributed by atoms with van der Waals surface area (Å²) in [5.74, 6) is 0. The molecule has 156 valence electrons. The topological polar surface area (TPSA) is 71.3 Å². The molecule has 1 aliphatic heterocycles. The van der Waals surface area contributed by atoms with Gasteiger partial charge in [0.25, 0.3) is 0 Å². The molecule has 31 heavy (non-hydrogen) atoms. The fourth-order valence-electron chi connectivity index (χ4n) is 4.05. The second kappa shape index (κ2) is 7.67. The van der Waals surface area contributed by atoms with Crippen LogP contribution in [0.25, 0.3) is 20.5 Å². The van der Waals surface area contributed by atoms with Crippen LogP contribution in [0.15, 0.2) is 47.5 Å². The highest BCUT2D eigenvalue weighted by Crippen LogP contribution is 2.39. The normalized spacial score (nSPS) is 12.4. The summed E-state index contributed by atoms with van der Waals surface area (Å²) in [4.78, 5) is 18.3. The number of thiophene rings is 1. The molecule has 3 heterocycles. The molecule has 0 spiro atoms. The van der Waals surface area contributed by atoms with Crippen LogP contribution in [-0.2, 0) is 20.1 Å². The monoisotopic (exact) mass is 429 g/mol. The zero-order valence-electron chi connectivity index (χ0n) is 17.7. The number of aryl methyl sites for hydroxylation is 2. The highest BCUT2D eigenvalue weighted by atomic mass is 32.1. The first-order valence-electron chi connectivity index (χ1n) is 10.2. The predicted molar refractivity (Wildman–Crippen MR) is 127 cm³/mol. The van der Waals surface area contributed by atoms with Crippen molar-refractivity contribution in [1.82, 2.24) is 15.1 Å². The molecule has 0 bridgehead atoms. The van der Waals surface area contributed by atoms with E-state index in [0.29, 0.717) is 13.1 Å². The van der Waals surface area contributed by atoms with Crippen molar-refractivity contribution in [3.8, 4) is 10.4 Å². The summed E-state index contributed by atoms with van der Waals surface area (Å²) in [5, 5.41) is 11.6. The highest BCUT2D eigenvalue weighted by molar-refractivity contribution is 7.22. The fourth-order valence-corrected chi connectivity index (χ4v) is 5.15. The van der Waals surface area contributed by atoms with E-state index in [0.717, 1.165) is 33.8 Å². The van der Waals surface area contributed by atoms with Crippen molar-refractivity contribution in [3.05, 3.63) is 70.5 Å². The molecule has 0 atom stereocenters. The second-order valence-corrected chi connectivity index (χ2v) is 8.87. The molecule has 6 nitrogen and oxygen atoms in total. The van der Waals surface area contributed by atoms with Crippen LogP contribution in [0.4, 0.5) is 10.5 Å². The largest absolute Gasteiger partial charge is 0.334 e. The molecule has 2 aromatic heterocycles. The first kappa shape index (κ1) is 19.5. The predicted octanol–water partition coefficient (Wildman–Crippen LogP) is 5.17. The van der Waals surface area contributed by atoms with E-state index in [4.69, 9.17) is 0 Å². The summed E-state index contributed by atoms with van der Waals surface area (Å²) >= 11 is 1.76. The Morgan fingerprint density at radius 2 is 2.03 bits per heavy atom. The summed E-state index contributed by atoms with van der Waals surface area (Å²) in [5.41, 5.74) is 7.19. The van der Waals surface area contributed by atoms with Gasteiger partial charge in [0.2, 0.25) is 0 Å². The minimum absolute atomic E-state index is 0.236. The number of carbonyl (C=O) groups excluding carboxylic acids is 1. The van der Waals surface area contributed by atoms with Crippen LogP contribution in [0.2, 0.25) is 0 Å². The van der Waals surface area contributed by atoms with Gasteiger partial charge in [-0.3, -0.25) is 9.67 Å². The van der Waals surface area contributed by atoms with Gasteiger partial charge < -0.3 is 10.6 Å². The number of hydrogen-bond donors (Lipinski definition) is 2. The van der Waals surface area contributed by atoms with Crippen LogP contribution < -0.4 is 10.6 Å². The third-order valence-corrected chi connectivity index (χ3v) is 6.95. The van der Waals surface area contributed by atoms with Crippen LogP contribution in [-0.4, -0.2) is 22.0 Å². The van der Waals surface area contributed by atoms with E-state index < -0.39 is 0 Å². The van der Waals surface area contributed by atoms with Gasteiger partial charge in [-0.15, -0.1) is 11.3 Å². The van der Waals surface area contributed by atoms with E-state index in [1.54, 1.807) is 11.3 Å². The molecular formula is C24H23N5OS. The number of benzene rings is 2. The number of urea groups is 1. The molecule has 0 unspecified atom stereocenters. The minimum atomic E-state index is -0.236. The Bertz CT molecular complexity index is 1310. The second-order valence-electron chi connectivity index (χ2n) is 7.79. The van der Waals surface area contributed by atoms with Gasteiger partial charge in [-0.1, -0.05) is 18.2 Å². The molecular weight excluding hydrogens is 406 g/mol. The van der Waals surface area contributed by atoms with Gasteiger partial charge in [0.1, 0.15) is 0 Å². The van der Waals surface area contributed by atoms with Crippen molar-refractivity contribution in [2.45, 2.75) is 26.9 Å². The van der Waals surface area contributed by atoms with Crippen molar-refractivity contribution in [2.24, 2.45) is 12.0 Å². The van der Waals surface area contributed by atoms with E-state index in [1.807, 2.05) is 37.9 Å². The lowest BCUT2D eigenvalue weighted by Crippen LogP contribution is -2.28. The van der Waals surface area contributed by atoms with Crippen molar-refractivity contribution in [2.75, 3.05) is 5.32 Å². The molecule has 4 aromatic rings. The van der Waals surface area contributed by atoms with Crippen LogP contribution >= 0.6 is 11.3 Å². The molecule has 2 aromatic carbocycles. The van der Waals surface area contributed by atoms with Crippen LogP contribution in [0.5, 0.6) is 0 Å². The molecule has 0 radical (unpaired) electrons. The smallest absolute Gasteiger partial charge is 0.319 e. The zero-order chi connectivity index (χ0) is 21.5. The lowest BCUT2D eigenvalue weighted by molar-refractivity contribution is 0.251. The molecule has 2 amide bonds. The Morgan fingerprint density at radius 1 is 1.19 bits per heavy atom. The number of nitrogens with one attached hydrogen (secondary N) is 2. The molecule has 5 rings (SSSR count). The quantitative estimate of drug-likeness (QED) is 0.470. The molecule has 1 aliphatic rings. The van der Waals surface area contributed by atoms with Crippen LogP contribution in [0.3, 0.4) is 0 Å². The summed E-state index contributed by atoms with van der Waals surface area (Å²) in [6, 6.07) is 14.4. The van der Waals surface area contributed by atoms with Gasteiger partial charge in [0.05, 0.1) is 12.2 Å². The SMILES string of the molecule is Cc1nn(C)c(C)c1CNC(=O)Nc1cc2c(c(-c3cc4ccccc4s3)c1)CN=C2.